The molecule has 2 aromatic carbocycles. The number of halogens is 3. The first kappa shape index (κ1) is 23.1. The molecule has 1 aliphatic rings. The topological polar surface area (TPSA) is 72.0 Å². The number of rotatable bonds is 6. The number of urea groups is 1. The Hall–Kier alpha value is -4.08. The lowest BCUT2D eigenvalue weighted by atomic mass is 10.0. The van der Waals surface area contributed by atoms with Gasteiger partial charge in [-0.05, 0) is 61.9 Å². The highest BCUT2D eigenvalue weighted by atomic mass is 19.4. The number of nitrogens with zero attached hydrogens (tertiary/aromatic N) is 3. The monoisotopic (exact) mass is 471 g/mol. The van der Waals surface area contributed by atoms with Crippen LogP contribution in [0.15, 0.2) is 72.9 Å². The summed E-state index contributed by atoms with van der Waals surface area (Å²) in [6, 6.07) is 16.4. The summed E-state index contributed by atoms with van der Waals surface area (Å²) in [6.07, 6.45) is -3.30. The fourth-order valence-electron chi connectivity index (χ4n) is 3.52. The highest BCUT2D eigenvalue weighted by Crippen LogP contribution is 2.35. The highest BCUT2D eigenvalue weighted by Gasteiger charge is 2.51. The minimum atomic E-state index is -4.84. The van der Waals surface area contributed by atoms with Gasteiger partial charge in [0, 0.05) is 18.8 Å². The maximum Gasteiger partial charge on any atom is 0.573 e. The molecular weight excluding hydrogens is 451 g/mol. The Balaban J connectivity index is 1.54. The van der Waals surface area contributed by atoms with E-state index in [9.17, 15) is 22.8 Å². The third-order valence-electron chi connectivity index (χ3n) is 5.26. The summed E-state index contributed by atoms with van der Waals surface area (Å²) in [5.41, 5.74) is -0.365. The molecule has 2 heterocycles. The maximum atomic E-state index is 13.2. The Morgan fingerprint density at radius 1 is 0.941 bits per heavy atom. The van der Waals surface area contributed by atoms with E-state index in [4.69, 9.17) is 4.74 Å². The number of aromatic nitrogens is 1. The molecule has 3 aromatic rings. The molecule has 0 unspecified atom stereocenters. The SMILES string of the molecule is CC1(C)C(=O)N(c2ccc(OC(F)(F)F)cc2)C(=O)N1Cc1ccnc(Oc2ccccc2)c1. The second-order valence-electron chi connectivity index (χ2n) is 8.03. The third kappa shape index (κ3) is 4.80. The van der Waals surface area contributed by atoms with Gasteiger partial charge in [0.25, 0.3) is 5.91 Å². The van der Waals surface area contributed by atoms with E-state index in [1.807, 2.05) is 18.2 Å². The van der Waals surface area contributed by atoms with Crippen molar-refractivity contribution in [3.05, 3.63) is 78.5 Å². The van der Waals surface area contributed by atoms with Crippen LogP contribution in [0.4, 0.5) is 23.7 Å². The lowest BCUT2D eigenvalue weighted by Crippen LogP contribution is -2.43. The first-order chi connectivity index (χ1) is 16.0. The third-order valence-corrected chi connectivity index (χ3v) is 5.26. The average Bonchev–Trinajstić information content (AvgIpc) is 2.94. The molecule has 7 nitrogen and oxygen atoms in total. The van der Waals surface area contributed by atoms with Crippen molar-refractivity contribution in [3.8, 4) is 17.4 Å². The number of pyridine rings is 1. The number of imide groups is 1. The zero-order chi connectivity index (χ0) is 24.5. The summed E-state index contributed by atoms with van der Waals surface area (Å²) in [5, 5.41) is 0. The summed E-state index contributed by atoms with van der Waals surface area (Å²) >= 11 is 0. The predicted octanol–water partition coefficient (Wildman–Crippen LogP) is 5.52. The molecular formula is C24H20F3N3O4. The van der Waals surface area contributed by atoms with Gasteiger partial charge in [0.05, 0.1) is 5.69 Å². The molecule has 34 heavy (non-hydrogen) atoms. The molecule has 1 saturated heterocycles. The zero-order valence-electron chi connectivity index (χ0n) is 18.2. The van der Waals surface area contributed by atoms with Gasteiger partial charge in [-0.3, -0.25) is 4.79 Å². The quantitative estimate of drug-likeness (QED) is 0.443. The average molecular weight is 471 g/mol. The number of anilines is 1. The van der Waals surface area contributed by atoms with Gasteiger partial charge in [-0.15, -0.1) is 13.2 Å². The van der Waals surface area contributed by atoms with E-state index in [-0.39, 0.29) is 12.2 Å². The van der Waals surface area contributed by atoms with E-state index in [2.05, 4.69) is 9.72 Å². The summed E-state index contributed by atoms with van der Waals surface area (Å²) in [5.74, 6) is -0.0217. The molecule has 0 atom stereocenters. The van der Waals surface area contributed by atoms with Crippen LogP contribution in [0.2, 0.25) is 0 Å². The van der Waals surface area contributed by atoms with Crippen LogP contribution in [0.3, 0.4) is 0 Å². The van der Waals surface area contributed by atoms with Gasteiger partial charge in [0.2, 0.25) is 5.88 Å². The van der Waals surface area contributed by atoms with Crippen LogP contribution in [-0.4, -0.2) is 33.7 Å². The van der Waals surface area contributed by atoms with Gasteiger partial charge >= 0.3 is 12.4 Å². The van der Waals surface area contributed by atoms with Crippen LogP contribution < -0.4 is 14.4 Å². The van der Waals surface area contributed by atoms with Crippen LogP contribution in [-0.2, 0) is 11.3 Å². The summed E-state index contributed by atoms with van der Waals surface area (Å²) < 4.78 is 46.8. The number of hydrogen-bond acceptors (Lipinski definition) is 5. The van der Waals surface area contributed by atoms with E-state index in [1.54, 1.807) is 44.3 Å². The number of carbonyl (C=O) groups excluding carboxylic acids is 2. The Kier molecular flexibility index (Phi) is 5.90. The molecule has 0 bridgehead atoms. The van der Waals surface area contributed by atoms with Crippen LogP contribution in [0.25, 0.3) is 0 Å². The Bertz CT molecular complexity index is 1200. The standard InChI is InChI=1S/C24H20F3N3O4/c1-23(2)21(31)30(17-8-10-19(11-9-17)34-24(25,26)27)22(32)29(23)15-16-12-13-28-20(14-16)33-18-6-4-3-5-7-18/h3-14H,15H2,1-2H3. The zero-order valence-corrected chi connectivity index (χ0v) is 18.2. The lowest BCUT2D eigenvalue weighted by Gasteiger charge is -2.27. The highest BCUT2D eigenvalue weighted by molar-refractivity contribution is 6.22. The second-order valence-corrected chi connectivity index (χ2v) is 8.03. The maximum absolute atomic E-state index is 13.2. The summed E-state index contributed by atoms with van der Waals surface area (Å²) in [4.78, 5) is 32.8. The van der Waals surface area contributed by atoms with E-state index >= 15 is 0 Å². The molecule has 0 spiro atoms. The number of benzene rings is 2. The molecule has 0 N–H and O–H groups in total. The number of para-hydroxylation sites is 1. The van der Waals surface area contributed by atoms with E-state index in [0.717, 1.165) is 17.0 Å². The molecule has 0 aliphatic carbocycles. The van der Waals surface area contributed by atoms with Crippen LogP contribution >= 0.6 is 0 Å². The molecule has 3 amide bonds. The van der Waals surface area contributed by atoms with Gasteiger partial charge in [-0.1, -0.05) is 18.2 Å². The number of ether oxygens (including phenoxy) is 2. The number of carbonyl (C=O) groups is 2. The van der Waals surface area contributed by atoms with Crippen molar-refractivity contribution in [3.63, 3.8) is 0 Å². The largest absolute Gasteiger partial charge is 0.573 e. The molecule has 10 heteroatoms. The number of hydrogen-bond donors (Lipinski definition) is 0. The molecule has 0 radical (unpaired) electrons. The second kappa shape index (κ2) is 8.69. The Morgan fingerprint density at radius 2 is 1.62 bits per heavy atom. The van der Waals surface area contributed by atoms with Crippen molar-refractivity contribution < 1.29 is 32.2 Å². The van der Waals surface area contributed by atoms with Crippen molar-refractivity contribution in [2.45, 2.75) is 32.3 Å². The Labute approximate surface area is 193 Å². The van der Waals surface area contributed by atoms with E-state index < -0.39 is 29.6 Å². The van der Waals surface area contributed by atoms with Crippen molar-refractivity contribution in [1.29, 1.82) is 0 Å². The smallest absolute Gasteiger partial charge is 0.439 e. The van der Waals surface area contributed by atoms with Crippen LogP contribution in [0, 0.1) is 0 Å². The van der Waals surface area contributed by atoms with Crippen LogP contribution in [0.5, 0.6) is 17.4 Å². The van der Waals surface area contributed by atoms with Gasteiger partial charge in [0.1, 0.15) is 17.0 Å². The predicted molar refractivity (Wildman–Crippen MR) is 116 cm³/mol. The molecule has 1 aliphatic heterocycles. The van der Waals surface area contributed by atoms with Crippen molar-refractivity contribution in [1.82, 2.24) is 9.88 Å². The summed E-state index contributed by atoms with van der Waals surface area (Å²) in [6.45, 7) is 3.31. The molecule has 4 rings (SSSR count). The first-order valence-electron chi connectivity index (χ1n) is 10.2. The van der Waals surface area contributed by atoms with Gasteiger partial charge in [-0.25, -0.2) is 14.7 Å². The lowest BCUT2D eigenvalue weighted by molar-refractivity contribution is -0.274. The fraction of sp³-hybridized carbons (Fsp3) is 0.208. The van der Waals surface area contributed by atoms with Crippen LogP contribution in [0.1, 0.15) is 19.4 Å². The van der Waals surface area contributed by atoms with Crippen molar-refractivity contribution in [2.24, 2.45) is 0 Å². The Morgan fingerprint density at radius 3 is 2.26 bits per heavy atom. The first-order valence-corrected chi connectivity index (χ1v) is 10.2. The molecule has 176 valence electrons. The minimum Gasteiger partial charge on any atom is -0.439 e. The van der Waals surface area contributed by atoms with E-state index in [0.29, 0.717) is 17.2 Å². The minimum absolute atomic E-state index is 0.0943. The van der Waals surface area contributed by atoms with Gasteiger partial charge < -0.3 is 14.4 Å². The normalized spacial score (nSPS) is 15.6. The number of alkyl halides is 3. The van der Waals surface area contributed by atoms with E-state index in [1.165, 1.54) is 17.0 Å². The molecule has 0 saturated carbocycles. The van der Waals surface area contributed by atoms with Gasteiger partial charge in [-0.2, -0.15) is 0 Å². The van der Waals surface area contributed by atoms with Crippen molar-refractivity contribution >= 4 is 17.6 Å². The van der Waals surface area contributed by atoms with Gasteiger partial charge in [0.15, 0.2) is 0 Å². The fourth-order valence-corrected chi connectivity index (χ4v) is 3.52. The molecule has 1 aromatic heterocycles. The number of amides is 3. The van der Waals surface area contributed by atoms with Crippen molar-refractivity contribution in [2.75, 3.05) is 4.90 Å². The molecule has 1 fully saturated rings. The summed E-state index contributed by atoms with van der Waals surface area (Å²) in [7, 11) is 0.